The Labute approximate surface area is 467 Å². The lowest BCUT2D eigenvalue weighted by Gasteiger charge is -2.26. The van der Waals surface area contributed by atoms with Crippen molar-refractivity contribution in [1.82, 2.24) is 0 Å². The summed E-state index contributed by atoms with van der Waals surface area (Å²) in [7, 11) is 0. The topological polar surface area (TPSA) is 3.24 Å². The first-order valence-corrected chi connectivity index (χ1v) is 28.4. The molecule has 0 fully saturated rings. The third kappa shape index (κ3) is 11.3. The van der Waals surface area contributed by atoms with E-state index in [2.05, 4.69) is 324 Å². The molecule has 0 aliphatic carbocycles. The second kappa shape index (κ2) is 23.1. The summed E-state index contributed by atoms with van der Waals surface area (Å²) in [5, 5.41) is 5.31. The molecule has 368 valence electrons. The number of thiophene rings is 2. The van der Waals surface area contributed by atoms with Crippen molar-refractivity contribution in [2.45, 2.75) is 6.42 Å². The molecular weight excluding hydrogens is 1030 g/mol. The van der Waals surface area contributed by atoms with Crippen LogP contribution in [-0.2, 0) is 6.42 Å². The molecule has 0 radical (unpaired) electrons. The maximum absolute atomic E-state index is 3.51. The minimum Gasteiger partial charge on any atom is -0.310 e. The van der Waals surface area contributed by atoms with Crippen LogP contribution in [0.25, 0.3) is 84.9 Å². The summed E-state index contributed by atoms with van der Waals surface area (Å²) in [4.78, 5) is 2.38. The Balaban J connectivity index is 0.000000130. The lowest BCUT2D eigenvalue weighted by atomic mass is 9.97. The zero-order valence-corrected chi connectivity index (χ0v) is 45.4. The largest absolute Gasteiger partial charge is 0.310 e. The Morgan fingerprint density at radius 3 is 1.04 bits per heavy atom. The minimum atomic E-state index is 0.946. The maximum atomic E-state index is 3.51. The molecule has 77 heavy (non-hydrogen) atoms. The summed E-state index contributed by atoms with van der Waals surface area (Å²) in [6, 6.07) is 108. The Morgan fingerprint density at radius 2 is 0.584 bits per heavy atom. The summed E-state index contributed by atoms with van der Waals surface area (Å²) >= 11 is 7.21. The predicted molar refractivity (Wildman–Crippen MR) is 338 cm³/mol. The Hall–Kier alpha value is -8.64. The van der Waals surface area contributed by atoms with Gasteiger partial charge in [-0.1, -0.05) is 246 Å². The van der Waals surface area contributed by atoms with Crippen LogP contribution in [0.3, 0.4) is 0 Å². The molecular formula is C73H52BrNS2. The van der Waals surface area contributed by atoms with Gasteiger partial charge in [0.05, 0.1) is 0 Å². The highest BCUT2D eigenvalue weighted by atomic mass is 79.9. The van der Waals surface area contributed by atoms with E-state index in [0.29, 0.717) is 0 Å². The molecule has 0 N–H and O–H groups in total. The number of fused-ring (bicyclic) bond motifs is 6. The fourth-order valence-corrected chi connectivity index (χ4v) is 12.7. The fraction of sp³-hybridized carbons (Fsp3) is 0.0137. The van der Waals surface area contributed by atoms with Crippen LogP contribution in [0.2, 0.25) is 0 Å². The molecule has 0 unspecified atom stereocenters. The molecule has 0 amide bonds. The van der Waals surface area contributed by atoms with Crippen LogP contribution < -0.4 is 4.90 Å². The van der Waals surface area contributed by atoms with Gasteiger partial charge in [0.25, 0.3) is 0 Å². The zero-order valence-electron chi connectivity index (χ0n) is 42.2. The standard InChI is InChI=1S/C36H25NS.C25H20.C12H7BrS/c1-3-11-26(12-4-1)28-15-9-17-30(23-28)37(31-18-10-16-29(24-31)27-13-5-2-6-14-27)32-21-22-36-34(25-32)33-19-7-8-20-35(33)38-36;1-3-11-22(12-4-1)24-15-7-9-20(18-24)17-21-10-8-16-25(19-21)23-13-5-2-6-14-23;13-8-5-6-12-10(7-8)9-3-1-2-4-11(9)14-12/h1-25H;1-16,18-19H,17H2;1-7H. The van der Waals surface area contributed by atoms with Crippen LogP contribution >= 0.6 is 38.6 Å². The van der Waals surface area contributed by atoms with Gasteiger partial charge < -0.3 is 4.90 Å². The monoisotopic (exact) mass is 1090 g/mol. The van der Waals surface area contributed by atoms with Crippen LogP contribution in [0.15, 0.2) is 308 Å². The van der Waals surface area contributed by atoms with Crippen molar-refractivity contribution in [3.8, 4) is 44.5 Å². The molecule has 2 aromatic heterocycles. The van der Waals surface area contributed by atoms with Gasteiger partial charge in [-0.3, -0.25) is 0 Å². The van der Waals surface area contributed by atoms with Gasteiger partial charge in [-0.05, 0) is 135 Å². The summed E-state index contributed by atoms with van der Waals surface area (Å²) in [6.07, 6.45) is 0.946. The van der Waals surface area contributed by atoms with Crippen molar-refractivity contribution in [3.63, 3.8) is 0 Å². The number of anilines is 3. The minimum absolute atomic E-state index is 0.946. The lowest BCUT2D eigenvalue weighted by molar-refractivity contribution is 1.19. The average Bonchev–Trinajstić information content (AvgIpc) is 4.11. The van der Waals surface area contributed by atoms with E-state index in [4.69, 9.17) is 0 Å². The SMILES string of the molecule is Brc1ccc2sc3ccccc3c2c1.c1ccc(-c2cccc(Cc3cccc(-c4ccccc4)c3)c2)cc1.c1ccc(-c2cccc(N(c3cccc(-c4ccccc4)c3)c3ccc4sc5ccccc5c4c3)c2)cc1. The number of hydrogen-bond acceptors (Lipinski definition) is 3. The molecule has 0 atom stereocenters. The normalized spacial score (nSPS) is 11.0. The molecule has 0 saturated carbocycles. The van der Waals surface area contributed by atoms with E-state index in [-0.39, 0.29) is 0 Å². The molecule has 0 aliphatic rings. The van der Waals surface area contributed by atoms with Gasteiger partial charge >= 0.3 is 0 Å². The molecule has 0 aliphatic heterocycles. The number of halogens is 1. The van der Waals surface area contributed by atoms with Crippen LogP contribution in [0.5, 0.6) is 0 Å². The molecule has 0 bridgehead atoms. The zero-order chi connectivity index (χ0) is 51.8. The van der Waals surface area contributed by atoms with Gasteiger partial charge in [0.15, 0.2) is 0 Å². The Morgan fingerprint density at radius 1 is 0.247 bits per heavy atom. The smallest absolute Gasteiger partial charge is 0.0468 e. The van der Waals surface area contributed by atoms with Gasteiger partial charge in [0.2, 0.25) is 0 Å². The van der Waals surface area contributed by atoms with Crippen LogP contribution in [0.4, 0.5) is 17.1 Å². The van der Waals surface area contributed by atoms with Crippen LogP contribution in [-0.4, -0.2) is 0 Å². The van der Waals surface area contributed by atoms with Crippen molar-refractivity contribution in [2.75, 3.05) is 4.90 Å². The molecule has 4 heteroatoms. The van der Waals surface area contributed by atoms with Crippen molar-refractivity contribution in [2.24, 2.45) is 0 Å². The molecule has 1 nitrogen and oxygen atoms in total. The number of hydrogen-bond donors (Lipinski definition) is 0. The second-order valence-corrected chi connectivity index (χ2v) is 22.1. The van der Waals surface area contributed by atoms with Crippen molar-refractivity contribution in [3.05, 3.63) is 319 Å². The van der Waals surface area contributed by atoms with E-state index in [1.165, 1.54) is 96.0 Å². The highest BCUT2D eigenvalue weighted by molar-refractivity contribution is 9.10. The van der Waals surface area contributed by atoms with Crippen LogP contribution in [0.1, 0.15) is 11.1 Å². The van der Waals surface area contributed by atoms with E-state index < -0.39 is 0 Å². The molecule has 14 aromatic rings. The van der Waals surface area contributed by atoms with Crippen molar-refractivity contribution < 1.29 is 0 Å². The number of nitrogens with zero attached hydrogens (tertiary/aromatic N) is 1. The second-order valence-electron chi connectivity index (χ2n) is 19.0. The summed E-state index contributed by atoms with van der Waals surface area (Å²) in [6.45, 7) is 0. The third-order valence-electron chi connectivity index (χ3n) is 13.9. The number of rotatable bonds is 9. The maximum Gasteiger partial charge on any atom is 0.0468 e. The van der Waals surface area contributed by atoms with Crippen molar-refractivity contribution in [1.29, 1.82) is 0 Å². The third-order valence-corrected chi connectivity index (χ3v) is 16.7. The first kappa shape index (κ1) is 49.2. The van der Waals surface area contributed by atoms with E-state index in [9.17, 15) is 0 Å². The van der Waals surface area contributed by atoms with E-state index in [1.54, 1.807) is 0 Å². The molecule has 12 aromatic carbocycles. The molecule has 14 rings (SSSR count). The average molecular weight is 1090 g/mol. The van der Waals surface area contributed by atoms with E-state index in [0.717, 1.165) is 28.0 Å². The molecule has 0 spiro atoms. The van der Waals surface area contributed by atoms with Gasteiger partial charge in [-0.25, -0.2) is 0 Å². The summed E-state index contributed by atoms with van der Waals surface area (Å²) in [5.41, 5.74) is 16.0. The van der Waals surface area contributed by atoms with Gasteiger partial charge in [-0.2, -0.15) is 0 Å². The van der Waals surface area contributed by atoms with Crippen molar-refractivity contribution >= 4 is 96.0 Å². The van der Waals surface area contributed by atoms with E-state index >= 15 is 0 Å². The van der Waals surface area contributed by atoms with Gasteiger partial charge in [0.1, 0.15) is 0 Å². The highest BCUT2D eigenvalue weighted by Crippen LogP contribution is 2.42. The first-order chi connectivity index (χ1) is 38.1. The van der Waals surface area contributed by atoms with Gasteiger partial charge in [0, 0.05) is 61.9 Å². The molecule has 0 saturated heterocycles. The summed E-state index contributed by atoms with van der Waals surface area (Å²) in [5.74, 6) is 0. The van der Waals surface area contributed by atoms with E-state index in [1.807, 2.05) is 22.7 Å². The predicted octanol–water partition coefficient (Wildman–Crippen LogP) is 22.3. The lowest BCUT2D eigenvalue weighted by Crippen LogP contribution is -2.10. The van der Waals surface area contributed by atoms with Gasteiger partial charge in [-0.15, -0.1) is 22.7 Å². The molecule has 2 heterocycles. The summed E-state index contributed by atoms with van der Waals surface area (Å²) < 4.78 is 6.50. The van der Waals surface area contributed by atoms with Crippen LogP contribution in [0, 0.1) is 0 Å². The highest BCUT2D eigenvalue weighted by Gasteiger charge is 2.17. The Bertz CT molecular complexity index is 4100. The Kier molecular flexibility index (Phi) is 14.8. The number of benzene rings is 12. The first-order valence-electron chi connectivity index (χ1n) is 25.9. The quantitative estimate of drug-likeness (QED) is 0.139. The fourth-order valence-electron chi connectivity index (χ4n) is 10.1.